The maximum absolute atomic E-state index is 14.2. The van der Waals surface area contributed by atoms with Crippen LogP contribution in [0.1, 0.15) is 5.56 Å². The van der Waals surface area contributed by atoms with Gasteiger partial charge in [0.25, 0.3) is 5.91 Å². The van der Waals surface area contributed by atoms with Crippen molar-refractivity contribution in [2.75, 3.05) is 51.1 Å². The topological polar surface area (TPSA) is 64.1 Å². The van der Waals surface area contributed by atoms with E-state index in [4.69, 9.17) is 14.2 Å². The van der Waals surface area contributed by atoms with E-state index < -0.39 is 0 Å². The number of anilines is 1. The molecule has 7 nitrogen and oxygen atoms in total. The van der Waals surface area contributed by atoms with E-state index in [1.165, 1.54) is 23.5 Å². The number of benzene rings is 2. The summed E-state index contributed by atoms with van der Waals surface area (Å²) in [6, 6.07) is 10.4. The van der Waals surface area contributed by atoms with Gasteiger partial charge in [-0.3, -0.25) is 14.6 Å². The Morgan fingerprint density at radius 3 is 2.82 bits per heavy atom. The molecule has 0 N–H and O–H groups in total. The molecule has 0 saturated carbocycles. The van der Waals surface area contributed by atoms with E-state index in [2.05, 4.69) is 9.88 Å². The molecule has 0 bridgehead atoms. The zero-order chi connectivity index (χ0) is 21.9. The van der Waals surface area contributed by atoms with Crippen molar-refractivity contribution in [3.8, 4) is 11.5 Å². The van der Waals surface area contributed by atoms with E-state index in [-0.39, 0.29) is 36.4 Å². The highest BCUT2D eigenvalue weighted by Gasteiger charge is 2.21. The van der Waals surface area contributed by atoms with E-state index >= 15 is 0 Å². The molecule has 2 aliphatic rings. The van der Waals surface area contributed by atoms with Gasteiger partial charge in [-0.15, -0.1) is 12.4 Å². The number of hydrogen-bond acceptors (Lipinski definition) is 7. The van der Waals surface area contributed by atoms with Gasteiger partial charge in [0.2, 0.25) is 6.79 Å². The number of nitrogens with zero attached hydrogens (tertiary/aromatic N) is 3. The molecule has 2 aromatic carbocycles. The Bertz CT molecular complexity index is 1170. The molecular formula is C23H23ClFN3O4S. The fraction of sp³-hybridized carbons (Fsp3) is 0.304. The number of carbonyl (C=O) groups excluding carboxylic acids is 1. The van der Waals surface area contributed by atoms with Crippen LogP contribution in [0, 0.1) is 5.82 Å². The Hall–Kier alpha value is -2.72. The largest absolute Gasteiger partial charge is 0.454 e. The molecule has 1 fully saturated rings. The Morgan fingerprint density at radius 2 is 2.00 bits per heavy atom. The van der Waals surface area contributed by atoms with Gasteiger partial charge < -0.3 is 14.2 Å². The average Bonchev–Trinajstić information content (AvgIpc) is 3.46. The van der Waals surface area contributed by atoms with Crippen LogP contribution in [-0.4, -0.2) is 62.0 Å². The molecule has 33 heavy (non-hydrogen) atoms. The summed E-state index contributed by atoms with van der Waals surface area (Å²) in [5.74, 6) is 0.749. The monoisotopic (exact) mass is 491 g/mol. The minimum Gasteiger partial charge on any atom is -0.454 e. The van der Waals surface area contributed by atoms with Crippen molar-refractivity contribution in [1.82, 2.24) is 9.88 Å². The normalized spacial score (nSPS) is 15.7. The van der Waals surface area contributed by atoms with Gasteiger partial charge in [0.1, 0.15) is 11.3 Å². The van der Waals surface area contributed by atoms with E-state index in [1.54, 1.807) is 17.0 Å². The summed E-state index contributed by atoms with van der Waals surface area (Å²) in [4.78, 5) is 21.5. The molecule has 2 aliphatic heterocycles. The molecule has 0 unspecified atom stereocenters. The van der Waals surface area contributed by atoms with Crippen molar-refractivity contribution >= 4 is 51.1 Å². The molecule has 0 radical (unpaired) electrons. The summed E-state index contributed by atoms with van der Waals surface area (Å²) < 4.78 is 31.1. The van der Waals surface area contributed by atoms with Gasteiger partial charge in [-0.2, -0.15) is 0 Å². The molecule has 10 heteroatoms. The lowest BCUT2D eigenvalue weighted by molar-refractivity contribution is -0.114. The number of fused-ring (bicyclic) bond motifs is 2. The minimum atomic E-state index is -0.388. The number of thiazole rings is 1. The number of rotatable bonds is 6. The van der Waals surface area contributed by atoms with Crippen molar-refractivity contribution in [3.63, 3.8) is 0 Å². The lowest BCUT2D eigenvalue weighted by Gasteiger charge is -2.28. The van der Waals surface area contributed by atoms with Gasteiger partial charge in [0, 0.05) is 32.3 Å². The molecule has 1 amide bonds. The molecular weight excluding hydrogens is 469 g/mol. The van der Waals surface area contributed by atoms with Crippen LogP contribution in [0.15, 0.2) is 42.5 Å². The third kappa shape index (κ3) is 5.27. The van der Waals surface area contributed by atoms with Crippen molar-refractivity contribution < 1.29 is 23.4 Å². The van der Waals surface area contributed by atoms with Crippen LogP contribution in [0.3, 0.4) is 0 Å². The van der Waals surface area contributed by atoms with Gasteiger partial charge >= 0.3 is 0 Å². The minimum absolute atomic E-state index is 0. The maximum atomic E-state index is 14.2. The molecule has 1 aromatic heterocycles. The van der Waals surface area contributed by atoms with Gasteiger partial charge in [-0.05, 0) is 35.9 Å². The number of carbonyl (C=O) groups is 1. The highest BCUT2D eigenvalue weighted by atomic mass is 35.5. The highest BCUT2D eigenvalue weighted by molar-refractivity contribution is 7.22. The first-order chi connectivity index (χ1) is 15.7. The second kappa shape index (κ2) is 10.5. The van der Waals surface area contributed by atoms with Crippen molar-refractivity contribution in [3.05, 3.63) is 53.9 Å². The lowest BCUT2D eigenvalue weighted by atomic mass is 10.2. The highest BCUT2D eigenvalue weighted by Crippen LogP contribution is 2.33. The number of halogens is 2. The van der Waals surface area contributed by atoms with Crippen molar-refractivity contribution in [2.45, 2.75) is 0 Å². The summed E-state index contributed by atoms with van der Waals surface area (Å²) in [7, 11) is 0. The molecule has 3 aromatic rings. The van der Waals surface area contributed by atoms with Crippen LogP contribution in [0.25, 0.3) is 16.3 Å². The second-order valence-corrected chi connectivity index (χ2v) is 8.48. The summed E-state index contributed by atoms with van der Waals surface area (Å²) >= 11 is 1.31. The third-order valence-corrected chi connectivity index (χ3v) is 6.46. The number of hydrogen-bond donors (Lipinski definition) is 0. The van der Waals surface area contributed by atoms with Gasteiger partial charge in [0.05, 0.1) is 17.9 Å². The molecule has 5 rings (SSSR count). The standard InChI is InChI=1S/C23H22FN3O4S.ClH/c24-17-2-1-3-20-22(17)25-23(32-20)27(9-8-26-10-12-29-13-11-26)21(28)7-5-16-4-6-18-19(14-16)31-15-30-18;/h1-7,14H,8-13,15H2;1H/b7-5+;. The number of ether oxygens (including phenoxy) is 3. The average molecular weight is 492 g/mol. The van der Waals surface area contributed by atoms with Crippen LogP contribution < -0.4 is 14.4 Å². The van der Waals surface area contributed by atoms with Crippen LogP contribution >= 0.6 is 23.7 Å². The van der Waals surface area contributed by atoms with Crippen LogP contribution in [-0.2, 0) is 9.53 Å². The molecule has 0 atom stereocenters. The number of morpholine rings is 1. The molecule has 3 heterocycles. The first-order valence-electron chi connectivity index (χ1n) is 10.4. The number of aromatic nitrogens is 1. The SMILES string of the molecule is Cl.O=C(/C=C/c1ccc2c(c1)OCO2)N(CCN1CCOCC1)c1nc2c(F)cccc2s1. The van der Waals surface area contributed by atoms with E-state index in [0.29, 0.717) is 47.6 Å². The Labute approximate surface area is 200 Å². The first kappa shape index (κ1) is 23.4. The molecule has 174 valence electrons. The van der Waals surface area contributed by atoms with Crippen molar-refractivity contribution in [2.24, 2.45) is 0 Å². The lowest BCUT2D eigenvalue weighted by Crippen LogP contribution is -2.42. The molecule has 1 saturated heterocycles. The Balaban J connectivity index is 0.00000259. The summed E-state index contributed by atoms with van der Waals surface area (Å²) in [6.45, 7) is 4.35. The zero-order valence-corrected chi connectivity index (χ0v) is 19.4. The predicted octanol–water partition coefficient (Wildman–Crippen LogP) is 3.96. The van der Waals surface area contributed by atoms with E-state index in [0.717, 1.165) is 18.7 Å². The Morgan fingerprint density at radius 1 is 1.18 bits per heavy atom. The quantitative estimate of drug-likeness (QED) is 0.486. The second-order valence-electron chi connectivity index (χ2n) is 7.47. The summed E-state index contributed by atoms with van der Waals surface area (Å²) in [5, 5.41) is 0.485. The fourth-order valence-corrected chi connectivity index (χ4v) is 4.67. The van der Waals surface area contributed by atoms with E-state index in [9.17, 15) is 9.18 Å². The van der Waals surface area contributed by atoms with Crippen LogP contribution in [0.5, 0.6) is 11.5 Å². The molecule has 0 aliphatic carbocycles. The predicted molar refractivity (Wildman–Crippen MR) is 128 cm³/mol. The van der Waals surface area contributed by atoms with Crippen LogP contribution in [0.2, 0.25) is 0 Å². The smallest absolute Gasteiger partial charge is 0.252 e. The van der Waals surface area contributed by atoms with Crippen molar-refractivity contribution in [1.29, 1.82) is 0 Å². The Kier molecular flexibility index (Phi) is 7.44. The molecule has 0 spiro atoms. The maximum Gasteiger partial charge on any atom is 0.252 e. The summed E-state index contributed by atoms with van der Waals surface area (Å²) in [6.07, 6.45) is 3.25. The summed E-state index contributed by atoms with van der Waals surface area (Å²) in [5.41, 5.74) is 1.11. The van der Waals surface area contributed by atoms with E-state index in [1.807, 2.05) is 24.3 Å². The first-order valence-corrected chi connectivity index (χ1v) is 11.2. The number of para-hydroxylation sites is 1. The third-order valence-electron chi connectivity index (χ3n) is 5.41. The van der Waals surface area contributed by atoms with Gasteiger partial charge in [-0.25, -0.2) is 9.37 Å². The number of amides is 1. The van der Waals surface area contributed by atoms with Crippen LogP contribution in [0.4, 0.5) is 9.52 Å². The van der Waals surface area contributed by atoms with Gasteiger partial charge in [-0.1, -0.05) is 23.5 Å². The fourth-order valence-electron chi connectivity index (χ4n) is 3.66. The zero-order valence-electron chi connectivity index (χ0n) is 17.7. The van der Waals surface area contributed by atoms with Gasteiger partial charge in [0.15, 0.2) is 16.6 Å².